The molecule has 2 amide bonds. The van der Waals surface area contributed by atoms with Crippen LogP contribution in [0.2, 0.25) is 0 Å². The second-order valence-electron chi connectivity index (χ2n) is 11.9. The molecule has 1 saturated heterocycles. The lowest BCUT2D eigenvalue weighted by Crippen LogP contribution is -2.53. The average molecular weight is 489 g/mol. The number of carbonyl (C=O) groups is 2. The van der Waals surface area contributed by atoms with Crippen LogP contribution in [0.5, 0.6) is 0 Å². The van der Waals surface area contributed by atoms with E-state index in [9.17, 15) is 9.59 Å². The fourth-order valence-electron chi connectivity index (χ4n) is 6.15. The second-order valence-corrected chi connectivity index (χ2v) is 11.9. The topological polar surface area (TPSA) is 74.3 Å². The number of pyridine rings is 1. The van der Waals surface area contributed by atoms with Crippen LogP contribution in [0.3, 0.4) is 0 Å². The molecule has 2 aromatic rings. The smallest absolute Gasteiger partial charge is 0.248 e. The molecule has 2 saturated carbocycles. The van der Waals surface area contributed by atoms with Gasteiger partial charge in [-0.15, -0.1) is 0 Å². The SMILES string of the molecule is CC(C)(C)c1ccc(N(C(=O)[C@@H]2NC[C@@H]3CC[C@@H]32)C(C(=O)NC2CCCCC2)c2cccnc2)cc1. The van der Waals surface area contributed by atoms with Crippen molar-refractivity contribution < 1.29 is 9.59 Å². The number of hydrogen-bond acceptors (Lipinski definition) is 4. The quantitative estimate of drug-likeness (QED) is 0.607. The zero-order valence-electron chi connectivity index (χ0n) is 21.9. The van der Waals surface area contributed by atoms with E-state index in [1.165, 1.54) is 18.4 Å². The maximum absolute atomic E-state index is 14.3. The van der Waals surface area contributed by atoms with Crippen LogP contribution in [0.1, 0.15) is 82.9 Å². The number of hydrogen-bond donors (Lipinski definition) is 2. The lowest BCUT2D eigenvalue weighted by Gasteiger charge is -2.38. The summed E-state index contributed by atoms with van der Waals surface area (Å²) in [6.07, 6.45) is 11.2. The molecule has 2 aliphatic carbocycles. The lowest BCUT2D eigenvalue weighted by molar-refractivity contribution is -0.128. The number of nitrogens with zero attached hydrogens (tertiary/aromatic N) is 2. The number of fused-ring (bicyclic) bond motifs is 1. The third kappa shape index (κ3) is 5.06. The predicted octanol–water partition coefficient (Wildman–Crippen LogP) is 4.90. The van der Waals surface area contributed by atoms with E-state index in [1.54, 1.807) is 17.3 Å². The molecule has 5 rings (SSSR count). The van der Waals surface area contributed by atoms with Crippen molar-refractivity contribution >= 4 is 17.5 Å². The number of carbonyl (C=O) groups excluding carboxylic acids is 2. The van der Waals surface area contributed by atoms with Crippen LogP contribution in [0, 0.1) is 11.8 Å². The first-order chi connectivity index (χ1) is 17.3. The predicted molar refractivity (Wildman–Crippen MR) is 143 cm³/mol. The zero-order chi connectivity index (χ0) is 25.3. The van der Waals surface area contributed by atoms with Gasteiger partial charge in [0.25, 0.3) is 0 Å². The highest BCUT2D eigenvalue weighted by molar-refractivity contribution is 6.04. The van der Waals surface area contributed by atoms with Crippen LogP contribution < -0.4 is 15.5 Å². The maximum atomic E-state index is 14.3. The van der Waals surface area contributed by atoms with Crippen molar-refractivity contribution in [2.45, 2.75) is 89.3 Å². The van der Waals surface area contributed by atoms with Gasteiger partial charge in [0.15, 0.2) is 0 Å². The fraction of sp³-hybridized carbons (Fsp3) is 0.567. The van der Waals surface area contributed by atoms with Gasteiger partial charge in [-0.2, -0.15) is 0 Å². The summed E-state index contributed by atoms with van der Waals surface area (Å²) < 4.78 is 0. The zero-order valence-corrected chi connectivity index (χ0v) is 21.9. The number of rotatable bonds is 6. The first kappa shape index (κ1) is 24.9. The summed E-state index contributed by atoms with van der Waals surface area (Å²) in [6.45, 7) is 7.42. The van der Waals surface area contributed by atoms with E-state index in [1.807, 2.05) is 24.3 Å². The minimum absolute atomic E-state index is 0.000632. The van der Waals surface area contributed by atoms with Crippen molar-refractivity contribution in [2.75, 3.05) is 11.4 Å². The Labute approximate surface area is 215 Å². The van der Waals surface area contributed by atoms with Gasteiger partial charge in [0.05, 0.1) is 6.04 Å². The van der Waals surface area contributed by atoms with Crippen molar-refractivity contribution in [3.63, 3.8) is 0 Å². The molecule has 6 heteroatoms. The Morgan fingerprint density at radius 1 is 1.03 bits per heavy atom. The monoisotopic (exact) mass is 488 g/mol. The Balaban J connectivity index is 1.54. The largest absolute Gasteiger partial charge is 0.351 e. The molecule has 4 atom stereocenters. The number of aromatic nitrogens is 1. The van der Waals surface area contributed by atoms with Crippen molar-refractivity contribution in [3.8, 4) is 0 Å². The Morgan fingerprint density at radius 3 is 2.36 bits per heavy atom. The fourth-order valence-corrected chi connectivity index (χ4v) is 6.15. The molecular weight excluding hydrogens is 448 g/mol. The number of anilines is 1. The summed E-state index contributed by atoms with van der Waals surface area (Å²) >= 11 is 0. The highest BCUT2D eigenvalue weighted by Crippen LogP contribution is 2.42. The molecule has 2 heterocycles. The van der Waals surface area contributed by atoms with Crippen LogP contribution in [0.25, 0.3) is 0 Å². The Morgan fingerprint density at radius 2 is 1.78 bits per heavy atom. The molecule has 0 radical (unpaired) electrons. The van der Waals surface area contributed by atoms with Gasteiger partial charge in [-0.25, -0.2) is 0 Å². The van der Waals surface area contributed by atoms with Crippen molar-refractivity contribution in [3.05, 3.63) is 59.9 Å². The Kier molecular flexibility index (Phi) is 7.16. The van der Waals surface area contributed by atoms with Crippen LogP contribution in [-0.2, 0) is 15.0 Å². The van der Waals surface area contributed by atoms with Crippen LogP contribution >= 0.6 is 0 Å². The number of amides is 2. The minimum Gasteiger partial charge on any atom is -0.351 e. The third-order valence-electron chi connectivity index (χ3n) is 8.48. The van der Waals surface area contributed by atoms with Crippen molar-refractivity contribution in [1.29, 1.82) is 0 Å². The van der Waals surface area contributed by atoms with Crippen LogP contribution in [-0.4, -0.2) is 35.4 Å². The molecule has 1 aromatic heterocycles. The molecule has 3 fully saturated rings. The maximum Gasteiger partial charge on any atom is 0.248 e. The van der Waals surface area contributed by atoms with Gasteiger partial charge >= 0.3 is 0 Å². The molecule has 0 bridgehead atoms. The van der Waals surface area contributed by atoms with Gasteiger partial charge in [0.2, 0.25) is 11.8 Å². The third-order valence-corrected chi connectivity index (χ3v) is 8.48. The van der Waals surface area contributed by atoms with E-state index in [4.69, 9.17) is 0 Å². The van der Waals surface area contributed by atoms with Gasteiger partial charge in [0, 0.05) is 29.7 Å². The normalized spacial score (nSPS) is 24.9. The van der Waals surface area contributed by atoms with Crippen molar-refractivity contribution in [2.24, 2.45) is 11.8 Å². The van der Waals surface area contributed by atoms with Gasteiger partial charge in [0.1, 0.15) is 6.04 Å². The average Bonchev–Trinajstić information content (AvgIpc) is 3.16. The Hall–Kier alpha value is -2.73. The summed E-state index contributed by atoms with van der Waals surface area (Å²) in [4.78, 5) is 34.3. The van der Waals surface area contributed by atoms with E-state index in [0.29, 0.717) is 11.8 Å². The van der Waals surface area contributed by atoms with E-state index in [2.05, 4.69) is 48.5 Å². The minimum atomic E-state index is -0.769. The summed E-state index contributed by atoms with van der Waals surface area (Å²) in [5, 5.41) is 6.79. The molecule has 36 heavy (non-hydrogen) atoms. The molecule has 0 spiro atoms. The van der Waals surface area contributed by atoms with Gasteiger partial charge in [-0.3, -0.25) is 19.5 Å². The van der Waals surface area contributed by atoms with Crippen molar-refractivity contribution in [1.82, 2.24) is 15.6 Å². The van der Waals surface area contributed by atoms with E-state index < -0.39 is 6.04 Å². The van der Waals surface area contributed by atoms with E-state index >= 15 is 0 Å². The standard InChI is InChI=1S/C30H40N4O2/c1-30(2,3)22-12-14-24(15-13-22)34(29(36)26-25-16-11-20(25)19-32-26)27(21-8-7-17-31-18-21)28(35)33-23-9-5-4-6-10-23/h7-8,12-15,17-18,20,23,25-27,32H,4-6,9-11,16,19H2,1-3H3,(H,33,35)/t20-,25-,26+,27?/m0/s1. The molecule has 2 N–H and O–H groups in total. The molecule has 192 valence electrons. The lowest BCUT2D eigenvalue weighted by atomic mass is 9.72. The summed E-state index contributed by atoms with van der Waals surface area (Å²) in [7, 11) is 0. The van der Waals surface area contributed by atoms with Gasteiger partial charge < -0.3 is 10.6 Å². The molecule has 1 aliphatic heterocycles. The number of benzene rings is 1. The van der Waals surface area contributed by atoms with Gasteiger partial charge in [-0.05, 0) is 73.2 Å². The highest BCUT2D eigenvalue weighted by Gasteiger charge is 2.48. The highest BCUT2D eigenvalue weighted by atomic mass is 16.2. The first-order valence-electron chi connectivity index (χ1n) is 13.7. The second kappa shape index (κ2) is 10.3. The summed E-state index contributed by atoms with van der Waals surface area (Å²) in [5.74, 6) is 0.784. The summed E-state index contributed by atoms with van der Waals surface area (Å²) in [5.41, 5.74) is 2.69. The summed E-state index contributed by atoms with van der Waals surface area (Å²) in [6, 6.07) is 11.1. The molecule has 6 nitrogen and oxygen atoms in total. The molecule has 1 unspecified atom stereocenters. The van der Waals surface area contributed by atoms with Crippen LogP contribution in [0.15, 0.2) is 48.8 Å². The first-order valence-corrected chi connectivity index (χ1v) is 13.7. The molecular formula is C30H40N4O2. The molecule has 1 aromatic carbocycles. The van der Waals surface area contributed by atoms with Crippen LogP contribution in [0.4, 0.5) is 5.69 Å². The van der Waals surface area contributed by atoms with Gasteiger partial charge in [-0.1, -0.05) is 58.2 Å². The Bertz CT molecular complexity index is 1060. The van der Waals surface area contributed by atoms with E-state index in [-0.39, 0.29) is 29.3 Å². The number of nitrogens with one attached hydrogen (secondary N) is 2. The van der Waals surface area contributed by atoms with E-state index in [0.717, 1.165) is 49.9 Å². The molecule has 3 aliphatic rings.